The molecule has 0 spiro atoms. The number of nitrogens with zero attached hydrogens (tertiary/aromatic N) is 1. The van der Waals surface area contributed by atoms with Crippen LogP contribution in [0.25, 0.3) is 0 Å². The van der Waals surface area contributed by atoms with E-state index < -0.39 is 6.10 Å². The molecule has 148 valence electrons. The number of phenols is 1. The standard InChI is InChI=1S/C21H16ClNO4S2/c1-11(9-13-21(26)28-20(23-13)12-5-3-2-4-6-12)16-10-15(25)18-14(24)7-8-17(29-22)19(18)27-16/h2-9,11,16,24H,10H2,1H3. The predicted molar refractivity (Wildman–Crippen MR) is 116 cm³/mol. The van der Waals surface area contributed by atoms with Gasteiger partial charge < -0.3 is 9.84 Å². The molecule has 0 aromatic heterocycles. The molecule has 5 nitrogen and oxygen atoms in total. The van der Waals surface area contributed by atoms with E-state index >= 15 is 0 Å². The highest BCUT2D eigenvalue weighted by Crippen LogP contribution is 2.44. The van der Waals surface area contributed by atoms with Gasteiger partial charge in [0.2, 0.25) is 5.12 Å². The van der Waals surface area contributed by atoms with Gasteiger partial charge in [-0.15, -0.1) is 0 Å². The quantitative estimate of drug-likeness (QED) is 0.651. The number of ether oxygens (including phenoxy) is 1. The zero-order chi connectivity index (χ0) is 20.5. The molecule has 0 saturated heterocycles. The van der Waals surface area contributed by atoms with E-state index in [9.17, 15) is 14.7 Å². The Morgan fingerprint density at radius 2 is 2.03 bits per heavy atom. The summed E-state index contributed by atoms with van der Waals surface area (Å²) in [7, 11) is 6.82. The smallest absolute Gasteiger partial charge is 0.243 e. The molecule has 0 radical (unpaired) electrons. The fourth-order valence-corrected chi connectivity index (χ4v) is 4.75. The molecular weight excluding hydrogens is 430 g/mol. The van der Waals surface area contributed by atoms with Gasteiger partial charge in [0, 0.05) is 17.9 Å². The van der Waals surface area contributed by atoms with Crippen LogP contribution < -0.4 is 4.74 Å². The molecule has 2 aliphatic rings. The minimum absolute atomic E-state index is 0.0957. The van der Waals surface area contributed by atoms with Gasteiger partial charge >= 0.3 is 0 Å². The number of ketones is 1. The van der Waals surface area contributed by atoms with Crippen molar-refractivity contribution in [3.63, 3.8) is 0 Å². The number of aromatic hydroxyl groups is 1. The van der Waals surface area contributed by atoms with Crippen LogP contribution in [-0.2, 0) is 4.79 Å². The lowest BCUT2D eigenvalue weighted by Gasteiger charge is -2.29. The first-order valence-corrected chi connectivity index (χ1v) is 11.4. The molecule has 2 aromatic rings. The number of hydrogen-bond donors (Lipinski definition) is 1. The minimum Gasteiger partial charge on any atom is -0.507 e. The van der Waals surface area contributed by atoms with Crippen molar-refractivity contribution in [2.45, 2.75) is 24.3 Å². The van der Waals surface area contributed by atoms with Crippen LogP contribution in [0.5, 0.6) is 11.5 Å². The van der Waals surface area contributed by atoms with Crippen LogP contribution in [0.3, 0.4) is 0 Å². The minimum atomic E-state index is -0.486. The Labute approximate surface area is 180 Å². The lowest BCUT2D eigenvalue weighted by atomic mass is 9.92. The number of thioether (sulfide) groups is 1. The van der Waals surface area contributed by atoms with Crippen molar-refractivity contribution in [2.24, 2.45) is 10.9 Å². The molecule has 2 heterocycles. The molecule has 29 heavy (non-hydrogen) atoms. The SMILES string of the molecule is CC(C=C1N=C(c2ccccc2)SC1=O)C1CC(=O)c2c(O)ccc(SCl)c2O1. The van der Waals surface area contributed by atoms with Gasteiger partial charge in [-0.3, -0.25) is 9.59 Å². The van der Waals surface area contributed by atoms with Crippen LogP contribution in [0.1, 0.15) is 29.3 Å². The summed E-state index contributed by atoms with van der Waals surface area (Å²) in [4.78, 5) is 30.1. The van der Waals surface area contributed by atoms with Crippen LogP contribution in [0.4, 0.5) is 0 Å². The first-order valence-electron chi connectivity index (χ1n) is 8.90. The third kappa shape index (κ3) is 3.95. The first kappa shape index (κ1) is 20.1. The summed E-state index contributed by atoms with van der Waals surface area (Å²) in [6, 6.07) is 12.6. The van der Waals surface area contributed by atoms with Gasteiger partial charge in [0.05, 0.1) is 4.90 Å². The van der Waals surface area contributed by atoms with Crippen molar-refractivity contribution < 1.29 is 19.4 Å². The van der Waals surface area contributed by atoms with Gasteiger partial charge in [-0.2, -0.15) is 0 Å². The molecule has 2 atom stereocenters. The molecular formula is C21H16ClNO4S2. The third-order valence-electron chi connectivity index (χ3n) is 4.77. The summed E-state index contributed by atoms with van der Waals surface area (Å²) in [5.74, 6) is -0.297. The van der Waals surface area contributed by atoms with E-state index in [1.165, 1.54) is 6.07 Å². The molecule has 0 aliphatic carbocycles. The maximum absolute atomic E-state index is 12.6. The number of carbonyl (C=O) groups is 2. The molecule has 2 aliphatic heterocycles. The third-order valence-corrected chi connectivity index (χ3v) is 6.67. The van der Waals surface area contributed by atoms with Crippen molar-refractivity contribution in [1.82, 2.24) is 0 Å². The average molecular weight is 446 g/mol. The summed E-state index contributed by atoms with van der Waals surface area (Å²) >= 11 is 1.09. The van der Waals surface area contributed by atoms with E-state index in [1.54, 1.807) is 12.1 Å². The summed E-state index contributed by atoms with van der Waals surface area (Å²) < 4.78 is 6.03. The highest BCUT2D eigenvalue weighted by atomic mass is 35.7. The Balaban J connectivity index is 1.60. The highest BCUT2D eigenvalue weighted by Gasteiger charge is 2.34. The summed E-state index contributed by atoms with van der Waals surface area (Å²) in [5, 5.41) is 10.6. The van der Waals surface area contributed by atoms with E-state index in [0.29, 0.717) is 15.6 Å². The van der Waals surface area contributed by atoms with E-state index in [-0.39, 0.29) is 40.3 Å². The maximum Gasteiger partial charge on any atom is 0.243 e. The van der Waals surface area contributed by atoms with E-state index in [0.717, 1.165) is 28.3 Å². The Morgan fingerprint density at radius 3 is 2.76 bits per heavy atom. The van der Waals surface area contributed by atoms with Crippen molar-refractivity contribution in [3.05, 3.63) is 65.4 Å². The summed E-state index contributed by atoms with van der Waals surface area (Å²) in [6.45, 7) is 1.88. The average Bonchev–Trinajstić information content (AvgIpc) is 3.09. The number of rotatable bonds is 4. The topological polar surface area (TPSA) is 76.0 Å². The number of carbonyl (C=O) groups excluding carboxylic acids is 2. The number of phenolic OH excluding ortho intramolecular Hbond substituents is 1. The molecule has 0 fully saturated rings. The van der Waals surface area contributed by atoms with Crippen LogP contribution in [-0.4, -0.2) is 27.2 Å². The molecule has 0 amide bonds. The van der Waals surface area contributed by atoms with Crippen LogP contribution >= 0.6 is 33.4 Å². The first-order chi connectivity index (χ1) is 14.0. The molecule has 0 bridgehead atoms. The van der Waals surface area contributed by atoms with Crippen molar-refractivity contribution in [2.75, 3.05) is 0 Å². The van der Waals surface area contributed by atoms with E-state index in [1.807, 2.05) is 37.3 Å². The van der Waals surface area contributed by atoms with Gasteiger partial charge in [0.25, 0.3) is 0 Å². The highest BCUT2D eigenvalue weighted by molar-refractivity contribution is 8.27. The second kappa shape index (κ2) is 8.26. The molecule has 0 saturated carbocycles. The van der Waals surface area contributed by atoms with Gasteiger partial charge in [-0.1, -0.05) is 37.3 Å². The molecule has 2 aromatic carbocycles. The maximum atomic E-state index is 12.6. The van der Waals surface area contributed by atoms with Crippen molar-refractivity contribution in [3.8, 4) is 11.5 Å². The lowest BCUT2D eigenvalue weighted by Crippen LogP contribution is -2.32. The van der Waals surface area contributed by atoms with Gasteiger partial charge in [0.15, 0.2) is 5.78 Å². The zero-order valence-electron chi connectivity index (χ0n) is 15.3. The monoisotopic (exact) mass is 445 g/mol. The second-order valence-electron chi connectivity index (χ2n) is 6.73. The Bertz CT molecular complexity index is 1050. The van der Waals surface area contributed by atoms with Crippen LogP contribution in [0, 0.1) is 5.92 Å². The number of halogens is 1. The lowest BCUT2D eigenvalue weighted by molar-refractivity contribution is -0.107. The summed E-state index contributed by atoms with van der Waals surface area (Å²) in [5.41, 5.74) is 1.40. The number of hydrogen-bond acceptors (Lipinski definition) is 7. The largest absolute Gasteiger partial charge is 0.507 e. The Morgan fingerprint density at radius 1 is 1.28 bits per heavy atom. The van der Waals surface area contributed by atoms with E-state index in [4.69, 9.17) is 15.4 Å². The van der Waals surface area contributed by atoms with Crippen LogP contribution in [0.2, 0.25) is 0 Å². The van der Waals surface area contributed by atoms with Crippen LogP contribution in [0.15, 0.2) is 64.1 Å². The van der Waals surface area contributed by atoms with Gasteiger partial charge in [0.1, 0.15) is 33.9 Å². The zero-order valence-corrected chi connectivity index (χ0v) is 17.7. The van der Waals surface area contributed by atoms with Crippen molar-refractivity contribution in [1.29, 1.82) is 0 Å². The Hall–Kier alpha value is -2.22. The normalized spacial score (nSPS) is 21.0. The molecule has 1 N–H and O–H groups in total. The number of benzene rings is 2. The van der Waals surface area contributed by atoms with Crippen molar-refractivity contribution >= 4 is 49.4 Å². The summed E-state index contributed by atoms with van der Waals surface area (Å²) in [6.07, 6.45) is 1.35. The number of Topliss-reactive ketones (excluding diaryl/α,β-unsaturated/α-hetero) is 1. The molecule has 2 unspecified atom stereocenters. The Kier molecular flexibility index (Phi) is 5.72. The van der Waals surface area contributed by atoms with Gasteiger partial charge in [-0.05, 0) is 51.6 Å². The number of fused-ring (bicyclic) bond motifs is 1. The fourth-order valence-electron chi connectivity index (χ4n) is 3.26. The second-order valence-corrected chi connectivity index (χ2v) is 8.75. The predicted octanol–water partition coefficient (Wildman–Crippen LogP) is 5.21. The van der Waals surface area contributed by atoms with Gasteiger partial charge in [-0.25, -0.2) is 4.99 Å². The molecule has 4 rings (SSSR count). The molecule has 8 heteroatoms. The number of aliphatic imine (C=N–C) groups is 1. The fraction of sp³-hybridized carbons (Fsp3) is 0.190. The van der Waals surface area contributed by atoms with E-state index in [2.05, 4.69) is 4.99 Å².